The Morgan fingerprint density at radius 2 is 1.58 bits per heavy atom. The van der Waals surface area contributed by atoms with Crippen molar-refractivity contribution in [2.24, 2.45) is 0 Å². The van der Waals surface area contributed by atoms with Crippen molar-refractivity contribution in [3.05, 3.63) is 90.0 Å². The van der Waals surface area contributed by atoms with Crippen LogP contribution in [-0.2, 0) is 14.8 Å². The molecule has 0 aliphatic heterocycles. The topological polar surface area (TPSA) is 75.7 Å². The van der Waals surface area contributed by atoms with Crippen LogP contribution >= 0.6 is 0 Å². The summed E-state index contributed by atoms with van der Waals surface area (Å²) in [7, 11) is -2.53. The van der Waals surface area contributed by atoms with Gasteiger partial charge in [0.25, 0.3) is 10.0 Å². The molecule has 0 aromatic heterocycles. The average molecular weight is 439 g/mol. The molecule has 31 heavy (non-hydrogen) atoms. The van der Waals surface area contributed by atoms with Crippen LogP contribution in [0.25, 0.3) is 0 Å². The van der Waals surface area contributed by atoms with Crippen LogP contribution in [0.4, 0.5) is 5.69 Å². The number of hydrogen-bond donors (Lipinski definition) is 1. The molecular weight excluding hydrogens is 412 g/mol. The number of benzene rings is 3. The van der Waals surface area contributed by atoms with E-state index >= 15 is 0 Å². The molecule has 3 rings (SSSR count). The summed E-state index contributed by atoms with van der Waals surface area (Å²) < 4.78 is 33.3. The molecule has 1 N–H and O–H groups in total. The number of ether oxygens (including phenoxy) is 1. The van der Waals surface area contributed by atoms with Crippen LogP contribution in [0.3, 0.4) is 0 Å². The molecule has 1 amide bonds. The lowest BCUT2D eigenvalue weighted by Crippen LogP contribution is -2.41. The predicted octanol–water partition coefficient (Wildman–Crippen LogP) is 4.08. The third-order valence-corrected chi connectivity index (χ3v) is 6.70. The summed E-state index contributed by atoms with van der Waals surface area (Å²) in [6.45, 7) is 3.47. The van der Waals surface area contributed by atoms with Gasteiger partial charge in [0.05, 0.1) is 23.7 Å². The van der Waals surface area contributed by atoms with Gasteiger partial charge >= 0.3 is 0 Å². The fraction of sp³-hybridized carbons (Fsp3) is 0.208. The molecule has 162 valence electrons. The van der Waals surface area contributed by atoms with Crippen LogP contribution in [0.1, 0.15) is 24.1 Å². The molecule has 0 heterocycles. The molecule has 0 saturated heterocycles. The van der Waals surface area contributed by atoms with Gasteiger partial charge in [-0.3, -0.25) is 9.10 Å². The highest BCUT2D eigenvalue weighted by Crippen LogP contribution is 2.32. The van der Waals surface area contributed by atoms with E-state index in [0.29, 0.717) is 11.4 Å². The number of aryl methyl sites for hydroxylation is 1. The van der Waals surface area contributed by atoms with Crippen molar-refractivity contribution in [1.29, 1.82) is 0 Å². The van der Waals surface area contributed by atoms with Crippen LogP contribution in [0.5, 0.6) is 5.75 Å². The summed E-state index contributed by atoms with van der Waals surface area (Å²) in [4.78, 5) is 13.0. The number of sulfonamides is 1. The highest BCUT2D eigenvalue weighted by Gasteiger charge is 2.29. The summed E-state index contributed by atoms with van der Waals surface area (Å²) in [6, 6.07) is 22.3. The molecule has 0 bridgehead atoms. The van der Waals surface area contributed by atoms with E-state index in [9.17, 15) is 13.2 Å². The molecule has 6 nitrogen and oxygen atoms in total. The summed E-state index contributed by atoms with van der Waals surface area (Å²) in [6.07, 6.45) is 0. The number of carbonyl (C=O) groups is 1. The maximum atomic E-state index is 13.4. The molecule has 3 aromatic rings. The number of nitrogens with zero attached hydrogens (tertiary/aromatic N) is 1. The second-order valence-electron chi connectivity index (χ2n) is 7.20. The number of hydrogen-bond acceptors (Lipinski definition) is 4. The second kappa shape index (κ2) is 9.66. The van der Waals surface area contributed by atoms with E-state index in [1.807, 2.05) is 38.1 Å². The van der Waals surface area contributed by atoms with Gasteiger partial charge in [0.15, 0.2) is 0 Å². The smallest absolute Gasteiger partial charge is 0.264 e. The minimum absolute atomic E-state index is 0.0975. The van der Waals surface area contributed by atoms with Crippen LogP contribution in [0.2, 0.25) is 0 Å². The highest BCUT2D eigenvalue weighted by atomic mass is 32.2. The summed E-state index contributed by atoms with van der Waals surface area (Å²) in [5.74, 6) is -0.0557. The van der Waals surface area contributed by atoms with E-state index in [4.69, 9.17) is 4.74 Å². The first-order valence-electron chi connectivity index (χ1n) is 9.89. The lowest BCUT2D eigenvalue weighted by atomic mass is 10.1. The third kappa shape index (κ3) is 5.24. The lowest BCUT2D eigenvalue weighted by molar-refractivity contribution is -0.120. The molecule has 0 fully saturated rings. The van der Waals surface area contributed by atoms with Gasteiger partial charge in [-0.25, -0.2) is 8.42 Å². The number of amides is 1. The Morgan fingerprint density at radius 1 is 0.968 bits per heavy atom. The van der Waals surface area contributed by atoms with Crippen molar-refractivity contribution >= 4 is 21.6 Å². The number of methoxy groups -OCH3 is 1. The molecule has 0 saturated carbocycles. The molecule has 1 atom stereocenters. The van der Waals surface area contributed by atoms with E-state index in [-0.39, 0.29) is 17.5 Å². The van der Waals surface area contributed by atoms with E-state index < -0.39 is 15.9 Å². The molecule has 0 aliphatic carbocycles. The molecule has 0 spiro atoms. The van der Waals surface area contributed by atoms with Gasteiger partial charge in [-0.2, -0.15) is 0 Å². The largest absolute Gasteiger partial charge is 0.495 e. The van der Waals surface area contributed by atoms with E-state index in [2.05, 4.69) is 5.32 Å². The van der Waals surface area contributed by atoms with Crippen LogP contribution in [-0.4, -0.2) is 28.0 Å². The van der Waals surface area contributed by atoms with E-state index in [1.165, 1.54) is 19.2 Å². The number of para-hydroxylation sites is 2. The number of anilines is 1. The first kappa shape index (κ1) is 22.4. The number of carbonyl (C=O) groups excluding carboxylic acids is 1. The maximum absolute atomic E-state index is 13.4. The molecule has 0 radical (unpaired) electrons. The first-order chi connectivity index (χ1) is 14.8. The Morgan fingerprint density at radius 3 is 2.23 bits per heavy atom. The van der Waals surface area contributed by atoms with Gasteiger partial charge < -0.3 is 10.1 Å². The molecule has 7 heteroatoms. The zero-order valence-corrected chi connectivity index (χ0v) is 18.6. The highest BCUT2D eigenvalue weighted by molar-refractivity contribution is 7.92. The number of rotatable bonds is 8. The SMILES string of the molecule is COc1ccccc1N(CC(=O)N[C@@H](C)c1ccc(C)cc1)S(=O)(=O)c1ccccc1. The summed E-state index contributed by atoms with van der Waals surface area (Å²) in [5.41, 5.74) is 2.36. The first-order valence-corrected chi connectivity index (χ1v) is 11.3. The van der Waals surface area contributed by atoms with Crippen LogP contribution in [0, 0.1) is 6.92 Å². The van der Waals surface area contributed by atoms with Gasteiger partial charge in [-0.15, -0.1) is 0 Å². The number of nitrogens with one attached hydrogen (secondary N) is 1. The molecule has 3 aromatic carbocycles. The predicted molar refractivity (Wildman–Crippen MR) is 122 cm³/mol. The average Bonchev–Trinajstić information content (AvgIpc) is 2.78. The molecule has 0 aliphatic rings. The van der Waals surface area contributed by atoms with Gasteiger partial charge in [-0.1, -0.05) is 60.2 Å². The van der Waals surface area contributed by atoms with Crippen LogP contribution < -0.4 is 14.4 Å². The van der Waals surface area contributed by atoms with Gasteiger partial charge in [0.2, 0.25) is 5.91 Å². The quantitative estimate of drug-likeness (QED) is 0.575. The van der Waals surface area contributed by atoms with Crippen molar-refractivity contribution in [2.45, 2.75) is 24.8 Å². The third-order valence-electron chi connectivity index (χ3n) is 4.93. The van der Waals surface area contributed by atoms with Crippen molar-refractivity contribution in [2.75, 3.05) is 18.0 Å². The fourth-order valence-electron chi connectivity index (χ4n) is 3.21. The molecular formula is C24H26N2O4S. The van der Waals surface area contributed by atoms with Crippen molar-refractivity contribution in [3.63, 3.8) is 0 Å². The Balaban J connectivity index is 1.91. The van der Waals surface area contributed by atoms with Gasteiger partial charge in [0, 0.05) is 0 Å². The monoisotopic (exact) mass is 438 g/mol. The maximum Gasteiger partial charge on any atom is 0.264 e. The fourth-order valence-corrected chi connectivity index (χ4v) is 4.66. The Kier molecular flexibility index (Phi) is 6.97. The standard InChI is InChI=1S/C24H26N2O4S/c1-18-13-15-20(16-14-18)19(2)25-24(27)17-26(22-11-7-8-12-23(22)30-3)31(28,29)21-9-5-4-6-10-21/h4-16,19H,17H2,1-3H3,(H,25,27)/t19-/m0/s1. The zero-order valence-electron chi connectivity index (χ0n) is 17.8. The van der Waals surface area contributed by atoms with Crippen molar-refractivity contribution in [3.8, 4) is 5.75 Å². The zero-order chi connectivity index (χ0) is 22.4. The van der Waals surface area contributed by atoms with E-state index in [1.54, 1.807) is 42.5 Å². The minimum atomic E-state index is -4.00. The van der Waals surface area contributed by atoms with Gasteiger partial charge in [-0.05, 0) is 43.7 Å². The summed E-state index contributed by atoms with van der Waals surface area (Å²) in [5, 5.41) is 2.89. The van der Waals surface area contributed by atoms with E-state index in [0.717, 1.165) is 15.4 Å². The van der Waals surface area contributed by atoms with Gasteiger partial charge in [0.1, 0.15) is 12.3 Å². The van der Waals surface area contributed by atoms with Crippen molar-refractivity contribution in [1.82, 2.24) is 5.32 Å². The molecule has 0 unspecified atom stereocenters. The minimum Gasteiger partial charge on any atom is -0.495 e. The Bertz CT molecular complexity index is 1130. The van der Waals surface area contributed by atoms with Crippen LogP contribution in [0.15, 0.2) is 83.8 Å². The second-order valence-corrected chi connectivity index (χ2v) is 9.06. The Labute approximate surface area is 183 Å². The normalized spacial score (nSPS) is 12.1. The Hall–Kier alpha value is -3.32. The lowest BCUT2D eigenvalue weighted by Gasteiger charge is -2.26. The summed E-state index contributed by atoms with van der Waals surface area (Å²) >= 11 is 0. The van der Waals surface area contributed by atoms with Crippen molar-refractivity contribution < 1.29 is 17.9 Å².